The molecule has 1 aromatic heterocycles. The van der Waals surface area contributed by atoms with Gasteiger partial charge in [-0.25, -0.2) is 9.78 Å². The Balaban J connectivity index is 1.57. The van der Waals surface area contributed by atoms with E-state index in [9.17, 15) is 4.79 Å². The SMILES string of the molecule is CCN1CCN(C(=O)NC[C@H]2CCCCO2)C[C@@H]1c1nccn1C. The minimum absolute atomic E-state index is 0.0131. The third kappa shape index (κ3) is 3.89. The Kier molecular flexibility index (Phi) is 5.73. The number of aromatic nitrogens is 2. The Labute approximate surface area is 144 Å². The summed E-state index contributed by atoms with van der Waals surface area (Å²) >= 11 is 0. The van der Waals surface area contributed by atoms with Crippen molar-refractivity contribution in [2.45, 2.75) is 38.3 Å². The van der Waals surface area contributed by atoms with Crippen molar-refractivity contribution in [2.24, 2.45) is 7.05 Å². The van der Waals surface area contributed by atoms with Gasteiger partial charge in [-0.05, 0) is 25.8 Å². The quantitative estimate of drug-likeness (QED) is 0.903. The molecule has 0 spiro atoms. The molecule has 0 saturated carbocycles. The summed E-state index contributed by atoms with van der Waals surface area (Å²) in [4.78, 5) is 21.3. The fraction of sp³-hybridized carbons (Fsp3) is 0.765. The van der Waals surface area contributed by atoms with Crippen LogP contribution in [0.5, 0.6) is 0 Å². The minimum atomic E-state index is 0.0131. The number of hydrogen-bond acceptors (Lipinski definition) is 4. The van der Waals surface area contributed by atoms with Crippen molar-refractivity contribution in [3.8, 4) is 0 Å². The lowest BCUT2D eigenvalue weighted by atomic mass is 10.1. The number of aryl methyl sites for hydroxylation is 1. The van der Waals surface area contributed by atoms with Crippen molar-refractivity contribution in [2.75, 3.05) is 39.3 Å². The maximum atomic E-state index is 12.5. The molecular weight excluding hydrogens is 306 g/mol. The second-order valence-corrected chi connectivity index (χ2v) is 6.66. The van der Waals surface area contributed by atoms with Crippen LogP contribution in [0.2, 0.25) is 0 Å². The largest absolute Gasteiger partial charge is 0.376 e. The van der Waals surface area contributed by atoms with Crippen molar-refractivity contribution in [3.05, 3.63) is 18.2 Å². The van der Waals surface area contributed by atoms with Gasteiger partial charge in [0.1, 0.15) is 5.82 Å². The second-order valence-electron chi connectivity index (χ2n) is 6.66. The van der Waals surface area contributed by atoms with E-state index in [1.165, 1.54) is 6.42 Å². The highest BCUT2D eigenvalue weighted by atomic mass is 16.5. The smallest absolute Gasteiger partial charge is 0.317 e. The second kappa shape index (κ2) is 7.98. The Morgan fingerprint density at radius 3 is 2.96 bits per heavy atom. The number of likely N-dealkylation sites (N-methyl/N-ethyl adjacent to an activating group) is 1. The molecule has 0 bridgehead atoms. The fourth-order valence-corrected chi connectivity index (χ4v) is 3.61. The summed E-state index contributed by atoms with van der Waals surface area (Å²) in [6.45, 7) is 6.86. The van der Waals surface area contributed by atoms with Gasteiger partial charge in [0.25, 0.3) is 0 Å². The lowest BCUT2D eigenvalue weighted by molar-refractivity contribution is 0.0168. The lowest BCUT2D eigenvalue weighted by Crippen LogP contribution is -2.54. The molecule has 2 amide bonds. The third-order valence-electron chi connectivity index (χ3n) is 5.10. The molecule has 134 valence electrons. The van der Waals surface area contributed by atoms with E-state index < -0.39 is 0 Å². The summed E-state index contributed by atoms with van der Waals surface area (Å²) in [6, 6.07) is 0.166. The van der Waals surface area contributed by atoms with Gasteiger partial charge in [0.15, 0.2) is 0 Å². The third-order valence-corrected chi connectivity index (χ3v) is 5.10. The van der Waals surface area contributed by atoms with Crippen LogP contribution in [0, 0.1) is 0 Å². The van der Waals surface area contributed by atoms with E-state index in [0.29, 0.717) is 13.1 Å². The molecule has 2 atom stereocenters. The Hall–Kier alpha value is -1.60. The van der Waals surface area contributed by atoms with E-state index in [1.807, 2.05) is 28.9 Å². The first kappa shape index (κ1) is 17.2. The predicted octanol–water partition coefficient (Wildman–Crippen LogP) is 1.38. The molecule has 1 aromatic rings. The summed E-state index contributed by atoms with van der Waals surface area (Å²) < 4.78 is 7.74. The van der Waals surface area contributed by atoms with E-state index in [4.69, 9.17) is 4.74 Å². The van der Waals surface area contributed by atoms with Gasteiger partial charge in [0, 0.05) is 52.2 Å². The average molecular weight is 335 g/mol. The summed E-state index contributed by atoms with van der Waals surface area (Å²) in [6.07, 6.45) is 7.32. The number of amides is 2. The van der Waals surface area contributed by atoms with E-state index >= 15 is 0 Å². The summed E-state index contributed by atoms with van der Waals surface area (Å²) in [5.41, 5.74) is 0. The van der Waals surface area contributed by atoms with Gasteiger partial charge < -0.3 is 19.5 Å². The number of urea groups is 1. The Bertz CT molecular complexity index is 541. The number of nitrogens with zero attached hydrogens (tertiary/aromatic N) is 4. The molecule has 7 nitrogen and oxygen atoms in total. The monoisotopic (exact) mass is 335 g/mol. The zero-order valence-electron chi connectivity index (χ0n) is 14.8. The zero-order valence-corrected chi connectivity index (χ0v) is 14.8. The van der Waals surface area contributed by atoms with Crippen LogP contribution >= 0.6 is 0 Å². The highest BCUT2D eigenvalue weighted by Crippen LogP contribution is 2.23. The van der Waals surface area contributed by atoms with Gasteiger partial charge in [-0.2, -0.15) is 0 Å². The van der Waals surface area contributed by atoms with Crippen molar-refractivity contribution in [1.82, 2.24) is 24.7 Å². The summed E-state index contributed by atoms with van der Waals surface area (Å²) in [5, 5.41) is 3.05. The topological polar surface area (TPSA) is 62.6 Å². The van der Waals surface area contributed by atoms with Crippen molar-refractivity contribution >= 4 is 6.03 Å². The van der Waals surface area contributed by atoms with Crippen LogP contribution in [0.15, 0.2) is 12.4 Å². The maximum Gasteiger partial charge on any atom is 0.317 e. The number of ether oxygens (including phenoxy) is 1. The first-order valence-corrected chi connectivity index (χ1v) is 9.04. The van der Waals surface area contributed by atoms with Crippen LogP contribution in [-0.2, 0) is 11.8 Å². The minimum Gasteiger partial charge on any atom is -0.376 e. The molecular formula is C17H29N5O2. The first-order chi connectivity index (χ1) is 11.7. The van der Waals surface area contributed by atoms with Gasteiger partial charge in [0.2, 0.25) is 0 Å². The molecule has 2 fully saturated rings. The molecule has 0 aliphatic carbocycles. The first-order valence-electron chi connectivity index (χ1n) is 9.04. The van der Waals surface area contributed by atoms with E-state index in [2.05, 4.69) is 22.1 Å². The van der Waals surface area contributed by atoms with Crippen LogP contribution in [0.25, 0.3) is 0 Å². The maximum absolute atomic E-state index is 12.5. The molecule has 3 heterocycles. The predicted molar refractivity (Wildman–Crippen MR) is 91.8 cm³/mol. The van der Waals surface area contributed by atoms with Crippen LogP contribution in [-0.4, -0.2) is 70.8 Å². The van der Waals surface area contributed by atoms with Crippen LogP contribution in [0.1, 0.15) is 38.1 Å². The molecule has 0 unspecified atom stereocenters. The molecule has 7 heteroatoms. The van der Waals surface area contributed by atoms with Crippen LogP contribution in [0.4, 0.5) is 4.79 Å². The van der Waals surface area contributed by atoms with Gasteiger partial charge in [-0.3, -0.25) is 4.90 Å². The highest BCUT2D eigenvalue weighted by Gasteiger charge is 2.32. The molecule has 1 N–H and O–H groups in total. The number of imidazole rings is 1. The van der Waals surface area contributed by atoms with Crippen molar-refractivity contribution < 1.29 is 9.53 Å². The zero-order chi connectivity index (χ0) is 16.9. The highest BCUT2D eigenvalue weighted by molar-refractivity contribution is 5.74. The van der Waals surface area contributed by atoms with Crippen LogP contribution in [0.3, 0.4) is 0 Å². The summed E-state index contributed by atoms with van der Waals surface area (Å²) in [5.74, 6) is 1.02. The van der Waals surface area contributed by atoms with Gasteiger partial charge in [-0.15, -0.1) is 0 Å². The molecule has 2 aliphatic heterocycles. The van der Waals surface area contributed by atoms with Crippen molar-refractivity contribution in [1.29, 1.82) is 0 Å². The number of nitrogens with one attached hydrogen (secondary N) is 1. The normalized spacial score (nSPS) is 25.7. The van der Waals surface area contributed by atoms with Crippen LogP contribution < -0.4 is 5.32 Å². The van der Waals surface area contributed by atoms with E-state index in [-0.39, 0.29) is 18.2 Å². The van der Waals surface area contributed by atoms with Gasteiger partial charge in [-0.1, -0.05) is 6.92 Å². The molecule has 3 rings (SSSR count). The Morgan fingerprint density at radius 1 is 1.42 bits per heavy atom. The van der Waals surface area contributed by atoms with Gasteiger partial charge >= 0.3 is 6.03 Å². The van der Waals surface area contributed by atoms with E-state index in [0.717, 1.165) is 44.9 Å². The van der Waals surface area contributed by atoms with Crippen molar-refractivity contribution in [3.63, 3.8) is 0 Å². The van der Waals surface area contributed by atoms with E-state index in [1.54, 1.807) is 0 Å². The number of hydrogen-bond donors (Lipinski definition) is 1. The molecule has 0 aromatic carbocycles. The molecule has 0 radical (unpaired) electrons. The average Bonchev–Trinajstić information content (AvgIpc) is 3.05. The molecule has 2 saturated heterocycles. The molecule has 2 aliphatic rings. The molecule has 24 heavy (non-hydrogen) atoms. The van der Waals surface area contributed by atoms with Gasteiger partial charge in [0.05, 0.1) is 12.1 Å². The summed E-state index contributed by atoms with van der Waals surface area (Å²) in [7, 11) is 2.01. The number of carbonyl (C=O) groups is 1. The Morgan fingerprint density at radius 2 is 2.29 bits per heavy atom. The fourth-order valence-electron chi connectivity index (χ4n) is 3.61. The number of carbonyl (C=O) groups excluding carboxylic acids is 1. The number of piperazine rings is 1. The number of rotatable bonds is 4. The standard InChI is InChI=1S/C17H29N5O2/c1-3-21-9-10-22(13-15(21)16-18-7-8-20(16)2)17(23)19-12-14-6-4-5-11-24-14/h7-8,14-15H,3-6,9-13H2,1-2H3,(H,19,23)/t14-,15-/m1/s1. The lowest BCUT2D eigenvalue weighted by Gasteiger charge is -2.40.